The lowest BCUT2D eigenvalue weighted by Gasteiger charge is -2.07. The molecule has 3 rings (SSSR count). The Morgan fingerprint density at radius 2 is 2.25 bits per heavy atom. The predicted molar refractivity (Wildman–Crippen MR) is 68.1 cm³/mol. The highest BCUT2D eigenvalue weighted by Crippen LogP contribution is 2.38. The molecule has 0 saturated heterocycles. The summed E-state index contributed by atoms with van der Waals surface area (Å²) in [6, 6.07) is 4.21. The fourth-order valence-electron chi connectivity index (χ4n) is 1.80. The number of aromatic carboxylic acids is 1. The lowest BCUT2D eigenvalue weighted by Crippen LogP contribution is -2.11. The summed E-state index contributed by atoms with van der Waals surface area (Å²) in [6.45, 7) is 0. The summed E-state index contributed by atoms with van der Waals surface area (Å²) < 4.78 is 5.40. The van der Waals surface area contributed by atoms with E-state index >= 15 is 0 Å². The Morgan fingerprint density at radius 1 is 1.45 bits per heavy atom. The number of nitrogens with one attached hydrogen (secondary N) is 1. The second-order valence-corrected chi connectivity index (χ2v) is 4.50. The quantitative estimate of drug-likeness (QED) is 0.875. The van der Waals surface area contributed by atoms with E-state index in [1.165, 1.54) is 18.3 Å². The van der Waals surface area contributed by atoms with E-state index in [1.54, 1.807) is 6.07 Å². The predicted octanol–water partition coefficient (Wildman–Crippen LogP) is 1.53. The number of nitrogens with zero attached hydrogens (tertiary/aromatic N) is 2. The molecule has 20 heavy (non-hydrogen) atoms. The number of hydrogen-bond acceptors (Lipinski definition) is 5. The monoisotopic (exact) mass is 273 g/mol. The van der Waals surface area contributed by atoms with Crippen molar-refractivity contribution in [3.05, 3.63) is 46.3 Å². The molecule has 7 nitrogen and oxygen atoms in total. The summed E-state index contributed by atoms with van der Waals surface area (Å²) >= 11 is 0. The van der Waals surface area contributed by atoms with Gasteiger partial charge < -0.3 is 14.8 Å². The molecule has 0 radical (unpaired) electrons. The van der Waals surface area contributed by atoms with Gasteiger partial charge in [0.25, 0.3) is 5.56 Å². The number of rotatable bonds is 4. The fraction of sp³-hybridized carbons (Fsp3) is 0.231. The van der Waals surface area contributed by atoms with Crippen molar-refractivity contribution in [2.45, 2.75) is 18.8 Å². The minimum atomic E-state index is -1.20. The number of carboxylic acids is 1. The van der Waals surface area contributed by atoms with E-state index in [1.807, 2.05) is 0 Å². The average molecular weight is 273 g/mol. The Morgan fingerprint density at radius 3 is 2.95 bits per heavy atom. The van der Waals surface area contributed by atoms with E-state index in [-0.39, 0.29) is 28.8 Å². The number of carbonyl (C=O) groups is 1. The zero-order chi connectivity index (χ0) is 14.1. The van der Waals surface area contributed by atoms with Crippen LogP contribution in [0.2, 0.25) is 0 Å². The largest absolute Gasteiger partial charge is 0.476 e. The van der Waals surface area contributed by atoms with Crippen molar-refractivity contribution in [2.24, 2.45) is 0 Å². The van der Waals surface area contributed by atoms with Gasteiger partial charge in [-0.3, -0.25) is 4.79 Å². The van der Waals surface area contributed by atoms with E-state index in [2.05, 4.69) is 15.0 Å². The van der Waals surface area contributed by atoms with Crippen LogP contribution in [0, 0.1) is 0 Å². The molecule has 0 atom stereocenters. The zero-order valence-electron chi connectivity index (χ0n) is 10.4. The van der Waals surface area contributed by atoms with Crippen molar-refractivity contribution in [1.29, 1.82) is 0 Å². The number of aromatic nitrogens is 3. The Labute approximate surface area is 113 Å². The molecule has 2 N–H and O–H groups in total. The molecule has 0 spiro atoms. The second-order valence-electron chi connectivity index (χ2n) is 4.50. The van der Waals surface area contributed by atoms with Crippen molar-refractivity contribution in [1.82, 2.24) is 15.0 Å². The normalized spacial score (nSPS) is 14.0. The summed E-state index contributed by atoms with van der Waals surface area (Å²) in [4.78, 5) is 33.2. The van der Waals surface area contributed by atoms with Gasteiger partial charge in [-0.25, -0.2) is 9.78 Å². The third-order valence-electron chi connectivity index (χ3n) is 2.89. The molecule has 0 aliphatic heterocycles. The number of hydrogen-bond donors (Lipinski definition) is 2. The van der Waals surface area contributed by atoms with E-state index in [0.29, 0.717) is 5.82 Å². The van der Waals surface area contributed by atoms with Gasteiger partial charge >= 0.3 is 5.97 Å². The maximum atomic E-state index is 11.5. The minimum Gasteiger partial charge on any atom is -0.476 e. The van der Waals surface area contributed by atoms with Crippen LogP contribution in [0.1, 0.15) is 35.1 Å². The summed E-state index contributed by atoms with van der Waals surface area (Å²) in [5.41, 5.74) is -0.541. The van der Waals surface area contributed by atoms with Crippen LogP contribution in [0.5, 0.6) is 11.6 Å². The van der Waals surface area contributed by atoms with Crippen LogP contribution in [0.15, 0.2) is 29.2 Å². The van der Waals surface area contributed by atoms with Crippen LogP contribution in [0.4, 0.5) is 0 Å². The lowest BCUT2D eigenvalue weighted by atomic mass is 10.3. The smallest absolute Gasteiger partial charge is 0.358 e. The number of aromatic amines is 1. The molecule has 2 aromatic rings. The molecule has 0 bridgehead atoms. The molecule has 102 valence electrons. The average Bonchev–Trinajstić information content (AvgIpc) is 3.22. The van der Waals surface area contributed by atoms with Gasteiger partial charge in [-0.05, 0) is 25.0 Å². The molecular formula is C13H11N3O4. The third-order valence-corrected chi connectivity index (χ3v) is 2.89. The molecule has 1 aliphatic carbocycles. The highest BCUT2D eigenvalue weighted by molar-refractivity contribution is 5.88. The van der Waals surface area contributed by atoms with Crippen molar-refractivity contribution in [3.8, 4) is 11.6 Å². The van der Waals surface area contributed by atoms with E-state index < -0.39 is 5.97 Å². The summed E-state index contributed by atoms with van der Waals surface area (Å²) in [7, 11) is 0. The van der Waals surface area contributed by atoms with Gasteiger partial charge in [-0.15, -0.1) is 0 Å². The first-order valence-electron chi connectivity index (χ1n) is 6.11. The number of H-pyrrole nitrogens is 1. The molecule has 7 heteroatoms. The number of ether oxygens (including phenoxy) is 1. The molecule has 1 aliphatic rings. The molecule has 1 saturated carbocycles. The van der Waals surface area contributed by atoms with Crippen molar-refractivity contribution < 1.29 is 14.6 Å². The van der Waals surface area contributed by atoms with Gasteiger partial charge in [0.1, 0.15) is 5.82 Å². The molecule has 2 aromatic heterocycles. The highest BCUT2D eigenvalue weighted by atomic mass is 16.5. The van der Waals surface area contributed by atoms with E-state index in [0.717, 1.165) is 12.8 Å². The van der Waals surface area contributed by atoms with Gasteiger partial charge in [0.15, 0.2) is 11.4 Å². The van der Waals surface area contributed by atoms with Crippen LogP contribution in [0.3, 0.4) is 0 Å². The van der Waals surface area contributed by atoms with Crippen molar-refractivity contribution in [3.63, 3.8) is 0 Å². The standard InChI is InChI=1S/C13H11N3O4/c17-9-6-10(16-12(15-9)7-3-4-7)20-8-2-1-5-14-11(8)13(18)19/h1-2,5-7H,3-4H2,(H,18,19)(H,15,16,17). The van der Waals surface area contributed by atoms with E-state index in [4.69, 9.17) is 9.84 Å². The first-order valence-corrected chi connectivity index (χ1v) is 6.11. The molecule has 2 heterocycles. The maximum absolute atomic E-state index is 11.5. The summed E-state index contributed by atoms with van der Waals surface area (Å²) in [5.74, 6) is -0.230. The minimum absolute atomic E-state index is 0.0554. The zero-order valence-corrected chi connectivity index (χ0v) is 10.4. The van der Waals surface area contributed by atoms with Crippen LogP contribution >= 0.6 is 0 Å². The summed E-state index contributed by atoms with van der Waals surface area (Å²) in [6.07, 6.45) is 3.33. The number of carboxylic acid groups (broad SMARTS) is 1. The Hall–Kier alpha value is -2.70. The van der Waals surface area contributed by atoms with Crippen LogP contribution in [0.25, 0.3) is 0 Å². The van der Waals surface area contributed by atoms with Crippen molar-refractivity contribution >= 4 is 5.97 Å². The van der Waals surface area contributed by atoms with Crippen LogP contribution < -0.4 is 10.3 Å². The van der Waals surface area contributed by atoms with Gasteiger partial charge in [-0.1, -0.05) is 0 Å². The maximum Gasteiger partial charge on any atom is 0.358 e. The molecule has 0 unspecified atom stereocenters. The highest BCUT2D eigenvalue weighted by Gasteiger charge is 2.27. The van der Waals surface area contributed by atoms with Gasteiger partial charge in [-0.2, -0.15) is 4.98 Å². The Bertz CT molecular complexity index is 722. The third kappa shape index (κ3) is 2.51. The number of pyridine rings is 1. The fourth-order valence-corrected chi connectivity index (χ4v) is 1.80. The lowest BCUT2D eigenvalue weighted by molar-refractivity contribution is 0.0687. The SMILES string of the molecule is O=C(O)c1ncccc1Oc1cc(=O)[nH]c(C2CC2)n1. The first-order chi connectivity index (χ1) is 9.63. The molecule has 0 amide bonds. The topological polar surface area (TPSA) is 105 Å². The first kappa shape index (κ1) is 12.3. The Balaban J connectivity index is 1.95. The van der Waals surface area contributed by atoms with Crippen molar-refractivity contribution in [2.75, 3.05) is 0 Å². The molecule has 0 aromatic carbocycles. The second kappa shape index (κ2) is 4.76. The van der Waals surface area contributed by atoms with Gasteiger partial charge in [0, 0.05) is 12.1 Å². The molecular weight excluding hydrogens is 262 g/mol. The van der Waals surface area contributed by atoms with E-state index in [9.17, 15) is 9.59 Å². The van der Waals surface area contributed by atoms with Crippen LogP contribution in [-0.4, -0.2) is 26.0 Å². The molecule has 1 fully saturated rings. The summed E-state index contributed by atoms with van der Waals surface area (Å²) in [5, 5.41) is 9.02. The van der Waals surface area contributed by atoms with Gasteiger partial charge in [0.2, 0.25) is 5.88 Å². The van der Waals surface area contributed by atoms with Crippen LogP contribution in [-0.2, 0) is 0 Å². The van der Waals surface area contributed by atoms with Gasteiger partial charge in [0.05, 0.1) is 6.07 Å². The Kier molecular flexibility index (Phi) is 2.94.